The fourth-order valence-electron chi connectivity index (χ4n) is 6.39. The molecule has 0 radical (unpaired) electrons. The first-order valence-electron chi connectivity index (χ1n) is 17.9. The van der Waals surface area contributed by atoms with Crippen LogP contribution in [0.1, 0.15) is 43.7 Å². The topological polar surface area (TPSA) is 242 Å². The van der Waals surface area contributed by atoms with Crippen LogP contribution in [0.5, 0.6) is 0 Å². The number of nitrogen functional groups attached to an aromatic ring is 1. The number of benzene rings is 2. The number of amides is 3. The maximum absolute atomic E-state index is 14.8. The number of thiazole rings is 1. The molecule has 23 heteroatoms. The number of aromatic nitrogens is 1. The number of oxime groups is 1. The Balaban J connectivity index is 0.00000341. The van der Waals surface area contributed by atoms with E-state index in [0.717, 1.165) is 33.2 Å². The van der Waals surface area contributed by atoms with Crippen molar-refractivity contribution in [1.29, 1.82) is 0 Å². The van der Waals surface area contributed by atoms with Crippen molar-refractivity contribution in [2.24, 2.45) is 21.4 Å². The van der Waals surface area contributed by atoms with Gasteiger partial charge in [0.15, 0.2) is 22.8 Å². The number of esters is 1. The number of hydrazine groups is 3. The molecule has 2 fully saturated rings. The molecule has 60 heavy (non-hydrogen) atoms. The maximum atomic E-state index is 14.8. The number of nitrogens with one attached hydrogen (secondary N) is 3. The van der Waals surface area contributed by atoms with E-state index in [2.05, 4.69) is 26.0 Å². The lowest BCUT2D eigenvalue weighted by Gasteiger charge is -2.54. The summed E-state index contributed by atoms with van der Waals surface area (Å²) in [5.41, 5.74) is 10.2. The van der Waals surface area contributed by atoms with Crippen LogP contribution in [0.2, 0.25) is 0 Å². The lowest BCUT2D eigenvalue weighted by Crippen LogP contribution is -2.74. The fraction of sp³-hybridized carbons (Fsp3) is 0.324. The van der Waals surface area contributed by atoms with E-state index in [1.54, 1.807) is 16.1 Å². The molecule has 2 aromatic carbocycles. The molecule has 4 aliphatic heterocycles. The molecular weight excluding hydrogens is 878 g/mol. The lowest BCUT2D eigenvalue weighted by atomic mass is 9.88. The maximum Gasteiger partial charge on any atom is 0.316 e. The second-order valence-electron chi connectivity index (χ2n) is 14.2. The number of rotatable bonds is 14. The van der Waals surface area contributed by atoms with Crippen molar-refractivity contribution < 1.29 is 33.9 Å². The van der Waals surface area contributed by atoms with Gasteiger partial charge in [0.2, 0.25) is 11.5 Å². The number of fused-ring (bicyclic) bond motifs is 2. The number of carbonyl (C=O) groups is 4. The molecule has 3 atom stereocenters. The number of hydrogen-bond acceptors (Lipinski definition) is 18. The molecule has 3 amide bonds. The van der Waals surface area contributed by atoms with Gasteiger partial charge in [-0.15, -0.1) is 65.2 Å². The third-order valence-electron chi connectivity index (χ3n) is 9.54. The van der Waals surface area contributed by atoms with Crippen LogP contribution in [0.15, 0.2) is 99.3 Å². The summed E-state index contributed by atoms with van der Waals surface area (Å²) in [6, 6.07) is 17.9. The first-order chi connectivity index (χ1) is 27.8. The predicted octanol–water partition coefficient (Wildman–Crippen LogP) is 2.61. The molecule has 7 rings (SSSR count). The number of anilines is 1. The van der Waals surface area contributed by atoms with E-state index < -0.39 is 52.2 Å². The van der Waals surface area contributed by atoms with Crippen LogP contribution >= 0.6 is 59.7 Å². The van der Waals surface area contributed by atoms with E-state index >= 15 is 0 Å². The minimum atomic E-state index is -1.56. The highest BCUT2D eigenvalue weighted by Gasteiger charge is 2.58. The number of halogens is 2. The van der Waals surface area contributed by atoms with E-state index in [1.807, 2.05) is 79.1 Å². The molecule has 0 spiro atoms. The molecule has 5 heterocycles. The summed E-state index contributed by atoms with van der Waals surface area (Å²) >= 11 is 3.80. The molecule has 1 aromatic heterocycles. The summed E-state index contributed by atoms with van der Waals surface area (Å²) < 4.78 is 6.46. The third kappa shape index (κ3) is 9.52. The number of carbonyl (C=O) groups excluding carboxylic acids is 4. The summed E-state index contributed by atoms with van der Waals surface area (Å²) in [6.45, 7) is 4.39. The molecule has 0 saturated carbocycles. The molecule has 0 bridgehead atoms. The van der Waals surface area contributed by atoms with Crippen LogP contribution in [0.25, 0.3) is 0 Å². The number of ether oxygens (including phenoxy) is 1. The van der Waals surface area contributed by atoms with E-state index in [1.165, 1.54) is 47.8 Å². The highest BCUT2D eigenvalue weighted by atomic mass is 35.5. The minimum absolute atomic E-state index is 0. The number of nitrogens with two attached hydrogens (primary N) is 2. The van der Waals surface area contributed by atoms with E-state index in [-0.39, 0.29) is 66.1 Å². The molecule has 2 saturated heterocycles. The average molecular weight is 921 g/mol. The number of nitrogens with zero attached hydrogens (tertiary/aromatic N) is 6. The van der Waals surface area contributed by atoms with Crippen LogP contribution in [0, 0.1) is 5.41 Å². The largest absolute Gasteiger partial charge is 0.452 e. The number of aliphatic hydroxyl groups excluding tert-OH is 1. The quantitative estimate of drug-likeness (QED) is 0.0340. The Labute approximate surface area is 370 Å². The van der Waals surface area contributed by atoms with Gasteiger partial charge in [-0.1, -0.05) is 65.8 Å². The van der Waals surface area contributed by atoms with Crippen LogP contribution < -0.4 is 27.9 Å². The van der Waals surface area contributed by atoms with Gasteiger partial charge in [0.1, 0.15) is 29.3 Å². The Bertz CT molecular complexity index is 2170. The normalized spacial score (nSPS) is 20.9. The third-order valence-corrected chi connectivity index (χ3v) is 13.1. The first kappa shape index (κ1) is 46.2. The van der Waals surface area contributed by atoms with Crippen LogP contribution in [0.4, 0.5) is 5.13 Å². The molecular formula is C37H43Cl2N11O7S3. The van der Waals surface area contributed by atoms with E-state index in [4.69, 9.17) is 21.2 Å². The smallest absolute Gasteiger partial charge is 0.316 e. The van der Waals surface area contributed by atoms with Crippen molar-refractivity contribution >= 4 is 99.9 Å². The number of β-lactam (4-membered cyclic amide) rings is 1. The molecule has 2 unspecified atom stereocenters. The molecule has 8 N–H and O–H groups in total. The number of allylic oxidation sites excluding steroid dienone is 1. The van der Waals surface area contributed by atoms with Crippen LogP contribution in [0.3, 0.4) is 0 Å². The van der Waals surface area contributed by atoms with Gasteiger partial charge >= 0.3 is 5.97 Å². The van der Waals surface area contributed by atoms with Crippen molar-refractivity contribution in [1.82, 2.24) is 36.2 Å². The van der Waals surface area contributed by atoms with Gasteiger partial charge in [-0.25, -0.2) is 20.8 Å². The zero-order valence-corrected chi connectivity index (χ0v) is 36.4. The van der Waals surface area contributed by atoms with Gasteiger partial charge in [-0.3, -0.25) is 29.6 Å². The summed E-state index contributed by atoms with van der Waals surface area (Å²) in [6.07, 6.45) is 2.81. The number of thioether (sulfide) groups is 2. The zero-order chi connectivity index (χ0) is 41.2. The van der Waals surface area contributed by atoms with Gasteiger partial charge in [-0.2, -0.15) is 0 Å². The summed E-state index contributed by atoms with van der Waals surface area (Å²) in [4.78, 5) is 70.5. The van der Waals surface area contributed by atoms with Crippen molar-refractivity contribution in [3.63, 3.8) is 0 Å². The van der Waals surface area contributed by atoms with Crippen LogP contribution in [-0.2, 0) is 28.8 Å². The lowest BCUT2D eigenvalue weighted by molar-refractivity contribution is -0.164. The fourth-order valence-corrected chi connectivity index (χ4v) is 9.86. The van der Waals surface area contributed by atoms with Crippen molar-refractivity contribution in [2.45, 2.75) is 43.9 Å². The highest BCUT2D eigenvalue weighted by Crippen LogP contribution is 2.47. The van der Waals surface area contributed by atoms with Gasteiger partial charge in [0.05, 0.1) is 11.2 Å². The number of hydrogen-bond donors (Lipinski definition) is 6. The zero-order valence-electron chi connectivity index (χ0n) is 32.3. The second kappa shape index (κ2) is 19.2. The predicted molar refractivity (Wildman–Crippen MR) is 234 cm³/mol. The van der Waals surface area contributed by atoms with Crippen molar-refractivity contribution in [3.05, 3.63) is 106 Å². The number of aliphatic imine (C=N–C) groups is 1. The molecule has 3 aromatic rings. The van der Waals surface area contributed by atoms with E-state index in [9.17, 15) is 24.3 Å². The molecule has 320 valence electrons. The Morgan fingerprint density at radius 1 is 1.13 bits per heavy atom. The Morgan fingerprint density at radius 2 is 1.80 bits per heavy atom. The Hall–Kier alpha value is -4.87. The second-order valence-corrected chi connectivity index (χ2v) is 17.1. The van der Waals surface area contributed by atoms with Gasteiger partial charge in [-0.05, 0) is 38.0 Å². The summed E-state index contributed by atoms with van der Waals surface area (Å²) in [5, 5.41) is 21.5. The van der Waals surface area contributed by atoms with Gasteiger partial charge in [0, 0.05) is 29.1 Å². The van der Waals surface area contributed by atoms with E-state index in [0.29, 0.717) is 5.82 Å². The Kier molecular flexibility index (Phi) is 14.8. The van der Waals surface area contributed by atoms with Crippen molar-refractivity contribution in [2.75, 3.05) is 30.5 Å². The highest BCUT2D eigenvalue weighted by molar-refractivity contribution is 8.03. The minimum Gasteiger partial charge on any atom is -0.452 e. The first-order valence-corrected chi connectivity index (χ1v) is 20.8. The standard InChI is InChI=1S/C37H41N11O7S3.2ClH/c1-21-14-26(48-25(40-21)15-46(20-49)45-48)57-18-37(34(53)54-29(22-10-6-4-7-11-22)23-12-8-5-9-13-23)17-47-31(51)28(32(47)58-19-37)42-30(50)27(24-16-56-35(38)41-24)44-55-36(2,3)33(52)43-39;;/h4-16,28-29,32,45,49H,17-20,39H2,1-3H3,(H2,38,41)(H,42,50)(H,43,52);2*1H/t28?,32-,37?;;/m1../s1. The van der Waals surface area contributed by atoms with Gasteiger partial charge in [0.25, 0.3) is 11.8 Å². The van der Waals surface area contributed by atoms with Crippen LogP contribution in [-0.4, -0.2) is 102 Å². The average Bonchev–Trinajstić information content (AvgIpc) is 3.86. The molecule has 4 aliphatic rings. The SMILES string of the molecule is CC1=NC2=CN(CO)NN2C(SCC2(C(=O)OC(c3ccccc3)c3ccccc3)CS[C@@H]3C(NC(=O)C(=NOC(C)(C)C(=O)NN)c4csc(N)n4)C(=O)N3C2)=C1.Cl.Cl. The van der Waals surface area contributed by atoms with Crippen molar-refractivity contribution in [3.8, 4) is 0 Å². The number of aliphatic hydroxyl groups is 1. The monoisotopic (exact) mass is 919 g/mol. The molecule has 0 aliphatic carbocycles. The molecule has 18 nitrogen and oxygen atoms in total. The Morgan fingerprint density at radius 3 is 2.40 bits per heavy atom. The summed E-state index contributed by atoms with van der Waals surface area (Å²) in [7, 11) is 0. The summed E-state index contributed by atoms with van der Waals surface area (Å²) in [5.74, 6) is 3.90. The van der Waals surface area contributed by atoms with Gasteiger partial charge < -0.3 is 30.6 Å².